The fourth-order valence-corrected chi connectivity index (χ4v) is 5.08. The summed E-state index contributed by atoms with van der Waals surface area (Å²) in [7, 11) is 0. The van der Waals surface area contributed by atoms with Crippen molar-refractivity contribution in [2.45, 2.75) is 64.0 Å². The molecule has 0 aliphatic carbocycles. The van der Waals surface area contributed by atoms with Crippen LogP contribution in [-0.2, 0) is 21.7 Å². The molecule has 2 aromatic rings. The summed E-state index contributed by atoms with van der Waals surface area (Å²) in [5, 5.41) is 19.4. The van der Waals surface area contributed by atoms with Gasteiger partial charge in [-0.2, -0.15) is 0 Å². The van der Waals surface area contributed by atoms with Crippen LogP contribution in [0.3, 0.4) is 0 Å². The number of aromatic nitrogens is 1. The number of ether oxygens (including phenoxy) is 1. The van der Waals surface area contributed by atoms with E-state index in [4.69, 9.17) is 10.5 Å². The van der Waals surface area contributed by atoms with Gasteiger partial charge >= 0.3 is 6.09 Å². The molecule has 0 bridgehead atoms. The van der Waals surface area contributed by atoms with Gasteiger partial charge in [0, 0.05) is 36.0 Å². The molecule has 1 aliphatic rings. The number of carbonyl (C=O) groups is 2. The first-order valence-electron chi connectivity index (χ1n) is 12.4. The Bertz CT molecular complexity index is 1210. The Balaban J connectivity index is 1.59. The van der Waals surface area contributed by atoms with Crippen molar-refractivity contribution in [1.82, 2.24) is 15.6 Å². The molecule has 1 aromatic carbocycles. The molecule has 3 rings (SSSR count). The highest BCUT2D eigenvalue weighted by atomic mass is 32.2. The number of nitrogens with one attached hydrogen (secondary N) is 3. The number of hydrogen-bond acceptors (Lipinski definition) is 8. The molecular formula is C27H36FN5O4S. The highest BCUT2D eigenvalue weighted by molar-refractivity contribution is 8.03. The predicted molar refractivity (Wildman–Crippen MR) is 147 cm³/mol. The third-order valence-corrected chi connectivity index (χ3v) is 6.89. The van der Waals surface area contributed by atoms with Crippen molar-refractivity contribution in [3.8, 4) is 0 Å². The van der Waals surface area contributed by atoms with E-state index in [0.717, 1.165) is 5.69 Å². The molecular weight excluding hydrogens is 509 g/mol. The average Bonchev–Trinajstić information content (AvgIpc) is 3.21. The number of alkyl carbamates (subject to hydrolysis) is 1. The number of pyridine rings is 1. The number of thioether (sulfide) groups is 1. The van der Waals surface area contributed by atoms with E-state index < -0.39 is 29.0 Å². The molecule has 0 spiro atoms. The molecule has 6 N–H and O–H groups in total. The summed E-state index contributed by atoms with van der Waals surface area (Å²) in [6.07, 6.45) is -0.199. The van der Waals surface area contributed by atoms with Crippen LogP contribution >= 0.6 is 11.8 Å². The maximum atomic E-state index is 14.9. The Morgan fingerprint density at radius 3 is 2.55 bits per heavy atom. The number of benzene rings is 1. The molecule has 2 amide bonds. The van der Waals surface area contributed by atoms with Crippen molar-refractivity contribution in [1.29, 1.82) is 0 Å². The van der Waals surface area contributed by atoms with Gasteiger partial charge in [-0.05, 0) is 64.8 Å². The van der Waals surface area contributed by atoms with Crippen molar-refractivity contribution in [2.24, 2.45) is 5.73 Å². The lowest BCUT2D eigenvalue weighted by molar-refractivity contribution is -0.114. The zero-order valence-electron chi connectivity index (χ0n) is 22.4. The van der Waals surface area contributed by atoms with Crippen molar-refractivity contribution in [3.05, 3.63) is 69.6 Å². The fraction of sp³-hybridized carbons (Fsp3) is 0.444. The molecule has 0 saturated carbocycles. The largest absolute Gasteiger partial charge is 0.444 e. The van der Waals surface area contributed by atoms with Crippen molar-refractivity contribution in [2.75, 3.05) is 18.4 Å². The van der Waals surface area contributed by atoms with E-state index in [1.54, 1.807) is 52.8 Å². The van der Waals surface area contributed by atoms with Crippen LogP contribution < -0.4 is 21.7 Å². The summed E-state index contributed by atoms with van der Waals surface area (Å²) in [5.41, 5.74) is 5.96. The first-order chi connectivity index (χ1) is 17.7. The van der Waals surface area contributed by atoms with Crippen LogP contribution in [0.25, 0.3) is 0 Å². The van der Waals surface area contributed by atoms with Gasteiger partial charge in [-0.15, -0.1) is 0 Å². The Kier molecular flexibility index (Phi) is 9.40. The second-order valence-corrected chi connectivity index (χ2v) is 11.7. The van der Waals surface area contributed by atoms with Crippen LogP contribution in [0.5, 0.6) is 0 Å². The molecule has 1 aromatic heterocycles. The lowest BCUT2D eigenvalue weighted by Gasteiger charge is -2.20. The van der Waals surface area contributed by atoms with Gasteiger partial charge in [0.15, 0.2) is 0 Å². The maximum Gasteiger partial charge on any atom is 0.407 e. The first-order valence-corrected chi connectivity index (χ1v) is 13.2. The average molecular weight is 546 g/mol. The summed E-state index contributed by atoms with van der Waals surface area (Å²) in [6, 6.07) is 10.1. The molecule has 1 unspecified atom stereocenters. The van der Waals surface area contributed by atoms with Crippen LogP contribution in [0.2, 0.25) is 0 Å². The molecule has 0 fully saturated rings. The third kappa shape index (κ3) is 8.44. The minimum absolute atomic E-state index is 0.271. The van der Waals surface area contributed by atoms with Gasteiger partial charge in [-0.25, -0.2) is 14.2 Å². The molecule has 0 saturated heterocycles. The molecule has 206 valence electrons. The Morgan fingerprint density at radius 2 is 1.92 bits per heavy atom. The monoisotopic (exact) mass is 545 g/mol. The van der Waals surface area contributed by atoms with E-state index in [-0.39, 0.29) is 11.7 Å². The van der Waals surface area contributed by atoms with Crippen molar-refractivity contribution in [3.63, 3.8) is 0 Å². The second-order valence-electron chi connectivity index (χ2n) is 10.5. The predicted octanol–water partition coefficient (Wildman–Crippen LogP) is 4.05. The van der Waals surface area contributed by atoms with Gasteiger partial charge in [0.25, 0.3) is 0 Å². The third-order valence-electron chi connectivity index (χ3n) is 5.60. The number of aliphatic hydroxyl groups is 1. The molecule has 11 heteroatoms. The first kappa shape index (κ1) is 29.4. The topological polar surface area (TPSA) is 139 Å². The summed E-state index contributed by atoms with van der Waals surface area (Å²) in [6.45, 7) is 9.98. The van der Waals surface area contributed by atoms with Gasteiger partial charge in [0.1, 0.15) is 17.2 Å². The molecule has 9 nitrogen and oxygen atoms in total. The van der Waals surface area contributed by atoms with Crippen LogP contribution in [0.1, 0.15) is 63.1 Å². The summed E-state index contributed by atoms with van der Waals surface area (Å²) < 4.78 is 20.1. The fourth-order valence-electron chi connectivity index (χ4n) is 3.74. The van der Waals surface area contributed by atoms with Crippen LogP contribution in [0.15, 0.2) is 47.0 Å². The normalized spacial score (nSPS) is 15.9. The number of hydrogen-bond donors (Lipinski definition) is 5. The molecule has 0 radical (unpaired) electrons. The number of amides is 2. The lowest BCUT2D eigenvalue weighted by atomic mass is 9.95. The number of anilines is 1. The van der Waals surface area contributed by atoms with E-state index in [0.29, 0.717) is 47.2 Å². The van der Waals surface area contributed by atoms with Crippen molar-refractivity contribution < 1.29 is 23.8 Å². The van der Waals surface area contributed by atoms with E-state index in [9.17, 15) is 19.1 Å². The molecule has 1 atom stereocenters. The second kappa shape index (κ2) is 12.1. The highest BCUT2D eigenvalue weighted by Crippen LogP contribution is 2.48. The Hall–Kier alpha value is -3.15. The van der Waals surface area contributed by atoms with Gasteiger partial charge < -0.3 is 31.5 Å². The molecule has 1 aliphatic heterocycles. The van der Waals surface area contributed by atoms with Gasteiger partial charge in [-0.3, -0.25) is 4.79 Å². The Labute approximate surface area is 226 Å². The van der Waals surface area contributed by atoms with E-state index in [1.807, 2.05) is 12.1 Å². The van der Waals surface area contributed by atoms with E-state index in [1.165, 1.54) is 17.8 Å². The van der Waals surface area contributed by atoms with Crippen LogP contribution in [-0.4, -0.2) is 40.8 Å². The summed E-state index contributed by atoms with van der Waals surface area (Å²) in [4.78, 5) is 28.4. The summed E-state index contributed by atoms with van der Waals surface area (Å²) >= 11 is 1.32. The number of nitrogens with zero attached hydrogens (tertiary/aromatic N) is 1. The number of primary amides is 1. The van der Waals surface area contributed by atoms with Crippen LogP contribution in [0.4, 0.5) is 15.0 Å². The number of nitrogens with two attached hydrogens (primary N) is 1. The number of halogens is 1. The lowest BCUT2D eigenvalue weighted by Crippen LogP contribution is -2.36. The quantitative estimate of drug-likeness (QED) is 0.282. The minimum atomic E-state index is -1.16. The standard InChI is InChI=1S/C27H36FN5O4S/c1-26(2,3)37-25(35)31-12-11-30-15-17-7-6-8-22(32-17)33-24-19(23(29)34)14-21(38-24)18-10-9-16(13-20(18)28)27(4,5)36/h6-10,13,21,30,36H,11-12,14-15H2,1-5H3,(H2,29,34)(H,31,35)(H,32,33). The smallest absolute Gasteiger partial charge is 0.407 e. The highest BCUT2D eigenvalue weighted by Gasteiger charge is 2.32. The van der Waals surface area contributed by atoms with Gasteiger partial charge in [0.2, 0.25) is 5.91 Å². The molecule has 2 heterocycles. The van der Waals surface area contributed by atoms with E-state index in [2.05, 4.69) is 20.9 Å². The maximum absolute atomic E-state index is 14.9. The van der Waals surface area contributed by atoms with Crippen molar-refractivity contribution >= 4 is 29.6 Å². The zero-order chi connectivity index (χ0) is 28.1. The van der Waals surface area contributed by atoms with Crippen LogP contribution in [0, 0.1) is 5.82 Å². The van der Waals surface area contributed by atoms with Gasteiger partial charge in [0.05, 0.1) is 16.3 Å². The SMILES string of the molecule is CC(C)(C)OC(=O)NCCNCc1cccc(NC2=C(C(N)=O)CC(c3ccc(C(C)(C)O)cc3F)S2)n1. The summed E-state index contributed by atoms with van der Waals surface area (Å²) in [5.74, 6) is -0.498. The van der Waals surface area contributed by atoms with Gasteiger partial charge in [-0.1, -0.05) is 30.0 Å². The zero-order valence-corrected chi connectivity index (χ0v) is 23.2. The minimum Gasteiger partial charge on any atom is -0.444 e. The molecule has 38 heavy (non-hydrogen) atoms. The number of carbonyl (C=O) groups excluding carboxylic acids is 2. The van der Waals surface area contributed by atoms with E-state index >= 15 is 0 Å². The Morgan fingerprint density at radius 1 is 1.18 bits per heavy atom. The number of rotatable bonds is 10.